The second kappa shape index (κ2) is 6.13. The zero-order valence-electron chi connectivity index (χ0n) is 12.8. The first-order chi connectivity index (χ1) is 9.78. The number of nitrogens with zero attached hydrogens (tertiary/aromatic N) is 1. The lowest BCUT2D eigenvalue weighted by Crippen LogP contribution is -2.57. The minimum Gasteiger partial charge on any atom is -0.497 e. The Labute approximate surface area is 133 Å². The van der Waals surface area contributed by atoms with Crippen LogP contribution < -0.4 is 10.1 Å². The average molecular weight is 357 g/mol. The van der Waals surface area contributed by atoms with E-state index in [1.165, 1.54) is 0 Å². The SMILES string of the molecule is COc1ccc(Br)c(NC2CN(C(=O)OC(C)(C)C)C2)c1. The predicted octanol–water partition coefficient (Wildman–Crippen LogP) is 3.49. The van der Waals surface area contributed by atoms with Gasteiger partial charge < -0.3 is 19.7 Å². The van der Waals surface area contributed by atoms with Crippen molar-refractivity contribution in [3.63, 3.8) is 0 Å². The number of halogens is 1. The number of carbonyl (C=O) groups excluding carboxylic acids is 1. The Balaban J connectivity index is 1.87. The predicted molar refractivity (Wildman–Crippen MR) is 85.9 cm³/mol. The van der Waals surface area contributed by atoms with Crippen molar-refractivity contribution in [2.24, 2.45) is 0 Å². The van der Waals surface area contributed by atoms with Gasteiger partial charge in [0.25, 0.3) is 0 Å². The van der Waals surface area contributed by atoms with E-state index in [1.54, 1.807) is 12.0 Å². The molecule has 0 saturated carbocycles. The highest BCUT2D eigenvalue weighted by Crippen LogP contribution is 2.29. The average Bonchev–Trinajstić information content (AvgIpc) is 2.32. The third-order valence-corrected chi connectivity index (χ3v) is 3.76. The molecule has 0 unspecified atom stereocenters. The van der Waals surface area contributed by atoms with E-state index in [9.17, 15) is 4.79 Å². The van der Waals surface area contributed by atoms with Crippen molar-refractivity contribution < 1.29 is 14.3 Å². The van der Waals surface area contributed by atoms with E-state index in [4.69, 9.17) is 9.47 Å². The molecular weight excluding hydrogens is 336 g/mol. The first-order valence-corrected chi connectivity index (χ1v) is 7.66. The van der Waals surface area contributed by atoms with Crippen LogP contribution >= 0.6 is 15.9 Å². The first-order valence-electron chi connectivity index (χ1n) is 6.86. The molecule has 2 rings (SSSR count). The van der Waals surface area contributed by atoms with Crippen LogP contribution in [0.25, 0.3) is 0 Å². The molecule has 0 spiro atoms. The Hall–Kier alpha value is -1.43. The summed E-state index contributed by atoms with van der Waals surface area (Å²) in [6, 6.07) is 5.98. The van der Waals surface area contributed by atoms with Crippen molar-refractivity contribution in [3.8, 4) is 5.75 Å². The molecule has 1 fully saturated rings. The maximum absolute atomic E-state index is 11.9. The van der Waals surface area contributed by atoms with Crippen LogP contribution in [0.2, 0.25) is 0 Å². The van der Waals surface area contributed by atoms with Gasteiger partial charge in [0.2, 0.25) is 0 Å². The molecule has 5 nitrogen and oxygen atoms in total. The monoisotopic (exact) mass is 356 g/mol. The van der Waals surface area contributed by atoms with E-state index < -0.39 is 5.60 Å². The van der Waals surface area contributed by atoms with Gasteiger partial charge in [0, 0.05) is 23.6 Å². The van der Waals surface area contributed by atoms with Crippen LogP contribution in [-0.4, -0.2) is 42.8 Å². The highest BCUT2D eigenvalue weighted by Gasteiger charge is 2.33. The van der Waals surface area contributed by atoms with E-state index in [0.717, 1.165) is 15.9 Å². The minimum atomic E-state index is -0.453. The van der Waals surface area contributed by atoms with Crippen LogP contribution in [0, 0.1) is 0 Å². The van der Waals surface area contributed by atoms with Crippen LogP contribution in [0.3, 0.4) is 0 Å². The van der Waals surface area contributed by atoms with E-state index in [0.29, 0.717) is 13.1 Å². The fourth-order valence-corrected chi connectivity index (χ4v) is 2.37. The zero-order chi connectivity index (χ0) is 15.6. The van der Waals surface area contributed by atoms with Crippen LogP contribution in [0.15, 0.2) is 22.7 Å². The summed E-state index contributed by atoms with van der Waals surface area (Å²) < 4.78 is 11.5. The number of rotatable bonds is 3. The van der Waals surface area contributed by atoms with Crippen molar-refractivity contribution in [3.05, 3.63) is 22.7 Å². The molecule has 1 aromatic carbocycles. The number of methoxy groups -OCH3 is 1. The molecule has 21 heavy (non-hydrogen) atoms. The van der Waals surface area contributed by atoms with Gasteiger partial charge in [0.1, 0.15) is 11.4 Å². The number of hydrogen-bond donors (Lipinski definition) is 1. The summed E-state index contributed by atoms with van der Waals surface area (Å²) in [5, 5.41) is 3.39. The number of amides is 1. The Morgan fingerprint density at radius 1 is 1.38 bits per heavy atom. The maximum Gasteiger partial charge on any atom is 0.410 e. The molecule has 1 aliphatic heterocycles. The van der Waals surface area contributed by atoms with Crippen LogP contribution in [0.1, 0.15) is 20.8 Å². The van der Waals surface area contributed by atoms with Crippen LogP contribution in [0.4, 0.5) is 10.5 Å². The van der Waals surface area contributed by atoms with Gasteiger partial charge in [0.15, 0.2) is 0 Å². The summed E-state index contributed by atoms with van der Waals surface area (Å²) in [6.45, 7) is 6.88. The van der Waals surface area contributed by atoms with Crippen molar-refractivity contribution >= 4 is 27.7 Å². The topological polar surface area (TPSA) is 50.8 Å². The molecule has 0 radical (unpaired) electrons. The van der Waals surface area contributed by atoms with Gasteiger partial charge in [0.05, 0.1) is 18.8 Å². The van der Waals surface area contributed by atoms with Gasteiger partial charge in [-0.1, -0.05) is 0 Å². The molecule has 1 N–H and O–H groups in total. The Kier molecular flexibility index (Phi) is 4.66. The van der Waals surface area contributed by atoms with Gasteiger partial charge in [-0.2, -0.15) is 0 Å². The molecule has 0 aromatic heterocycles. The standard InChI is InChI=1S/C15H21BrN2O3/c1-15(2,3)21-14(19)18-8-10(9-18)17-13-7-11(20-4)5-6-12(13)16/h5-7,10,17H,8-9H2,1-4H3. The van der Waals surface area contributed by atoms with Crippen molar-refractivity contribution in [2.45, 2.75) is 32.4 Å². The minimum absolute atomic E-state index is 0.223. The maximum atomic E-state index is 11.9. The lowest BCUT2D eigenvalue weighted by Gasteiger charge is -2.40. The fraction of sp³-hybridized carbons (Fsp3) is 0.533. The molecule has 1 aromatic rings. The number of ether oxygens (including phenoxy) is 2. The summed E-state index contributed by atoms with van der Waals surface area (Å²) in [5.41, 5.74) is 0.508. The molecule has 1 saturated heterocycles. The van der Waals surface area contributed by atoms with Gasteiger partial charge in [-0.05, 0) is 48.8 Å². The molecule has 0 atom stereocenters. The molecule has 1 aliphatic rings. The third kappa shape index (κ3) is 4.27. The quantitative estimate of drug-likeness (QED) is 0.900. The highest BCUT2D eigenvalue weighted by atomic mass is 79.9. The van der Waals surface area contributed by atoms with Crippen LogP contribution in [-0.2, 0) is 4.74 Å². The van der Waals surface area contributed by atoms with E-state index in [-0.39, 0.29) is 12.1 Å². The Morgan fingerprint density at radius 3 is 2.62 bits per heavy atom. The fourth-order valence-electron chi connectivity index (χ4n) is 2.01. The number of benzene rings is 1. The largest absolute Gasteiger partial charge is 0.497 e. The summed E-state index contributed by atoms with van der Waals surface area (Å²) in [7, 11) is 1.64. The molecule has 1 heterocycles. The Morgan fingerprint density at radius 2 is 2.05 bits per heavy atom. The van der Waals surface area contributed by atoms with Crippen molar-refractivity contribution in [1.82, 2.24) is 4.90 Å². The second-order valence-corrected chi connectivity index (χ2v) is 6.93. The summed E-state index contributed by atoms with van der Waals surface area (Å²) in [4.78, 5) is 13.5. The molecule has 6 heteroatoms. The zero-order valence-corrected chi connectivity index (χ0v) is 14.4. The molecule has 1 amide bonds. The number of anilines is 1. The second-order valence-electron chi connectivity index (χ2n) is 6.07. The van der Waals surface area contributed by atoms with E-state index in [2.05, 4.69) is 21.2 Å². The van der Waals surface area contributed by atoms with Crippen molar-refractivity contribution in [2.75, 3.05) is 25.5 Å². The first kappa shape index (κ1) is 15.9. The van der Waals surface area contributed by atoms with Gasteiger partial charge in [-0.3, -0.25) is 0 Å². The third-order valence-electron chi connectivity index (χ3n) is 3.07. The van der Waals surface area contributed by atoms with Gasteiger partial charge in [-0.25, -0.2) is 4.79 Å². The lowest BCUT2D eigenvalue weighted by molar-refractivity contribution is 0.0105. The van der Waals surface area contributed by atoms with Gasteiger partial charge >= 0.3 is 6.09 Å². The van der Waals surface area contributed by atoms with E-state index >= 15 is 0 Å². The number of nitrogens with one attached hydrogen (secondary N) is 1. The Bertz CT molecular complexity index is 522. The smallest absolute Gasteiger partial charge is 0.410 e. The molecular formula is C15H21BrN2O3. The number of likely N-dealkylation sites (tertiary alicyclic amines) is 1. The highest BCUT2D eigenvalue weighted by molar-refractivity contribution is 9.10. The van der Waals surface area contributed by atoms with Crippen LogP contribution in [0.5, 0.6) is 5.75 Å². The summed E-state index contributed by atoms with van der Waals surface area (Å²) in [5.74, 6) is 0.795. The summed E-state index contributed by atoms with van der Waals surface area (Å²) >= 11 is 3.50. The summed E-state index contributed by atoms with van der Waals surface area (Å²) in [6.07, 6.45) is -0.259. The molecule has 116 valence electrons. The molecule has 0 aliphatic carbocycles. The number of carbonyl (C=O) groups is 1. The van der Waals surface area contributed by atoms with E-state index in [1.807, 2.05) is 39.0 Å². The van der Waals surface area contributed by atoms with Crippen molar-refractivity contribution in [1.29, 1.82) is 0 Å². The number of hydrogen-bond acceptors (Lipinski definition) is 4. The molecule has 0 bridgehead atoms. The normalized spacial score (nSPS) is 15.4. The lowest BCUT2D eigenvalue weighted by atomic mass is 10.1. The van der Waals surface area contributed by atoms with Gasteiger partial charge in [-0.15, -0.1) is 0 Å².